The fourth-order valence-electron chi connectivity index (χ4n) is 11.2. The molecule has 0 aliphatic carbocycles. The van der Waals surface area contributed by atoms with Gasteiger partial charge in [0.05, 0.1) is 26.4 Å². The van der Waals surface area contributed by atoms with Gasteiger partial charge in [-0.25, -0.2) is 9.13 Å². The van der Waals surface area contributed by atoms with Crippen LogP contribution in [0.2, 0.25) is 0 Å². The Balaban J connectivity index is 5.27. The minimum absolute atomic E-state index is 0.105. The molecule has 0 aromatic carbocycles. The van der Waals surface area contributed by atoms with Crippen LogP contribution in [0.3, 0.4) is 0 Å². The quantitative estimate of drug-likeness (QED) is 0.0222. The van der Waals surface area contributed by atoms with Crippen LogP contribution in [0.5, 0.6) is 0 Å². The Kier molecular flexibility index (Phi) is 62.2. The van der Waals surface area contributed by atoms with Crippen molar-refractivity contribution in [1.29, 1.82) is 0 Å². The summed E-state index contributed by atoms with van der Waals surface area (Å²) in [5.74, 6) is 0.932. The molecule has 0 rings (SSSR count). The van der Waals surface area contributed by atoms with Crippen LogP contribution in [0.1, 0.15) is 370 Å². The number of phosphoric ester groups is 2. The Hall–Kier alpha value is -1.94. The first-order valence-electron chi connectivity index (χ1n) is 38.2. The molecule has 0 heterocycles. The van der Waals surface area contributed by atoms with Crippen LogP contribution < -0.4 is 0 Å². The van der Waals surface area contributed by atoms with Gasteiger partial charge in [0, 0.05) is 25.7 Å². The highest BCUT2D eigenvalue weighted by atomic mass is 31.2. The van der Waals surface area contributed by atoms with E-state index in [1.807, 2.05) is 0 Å². The average Bonchev–Trinajstić information content (AvgIpc) is 2.15. The lowest BCUT2D eigenvalue weighted by molar-refractivity contribution is -0.161. The molecule has 552 valence electrons. The molecule has 17 nitrogen and oxygen atoms in total. The summed E-state index contributed by atoms with van der Waals surface area (Å²) in [4.78, 5) is 72.7. The molecule has 93 heavy (non-hydrogen) atoms. The number of phosphoric acid groups is 2. The minimum Gasteiger partial charge on any atom is -0.462 e. The molecule has 0 amide bonds. The van der Waals surface area contributed by atoms with Gasteiger partial charge in [0.25, 0.3) is 0 Å². The molecule has 0 bridgehead atoms. The summed E-state index contributed by atoms with van der Waals surface area (Å²) in [5, 5.41) is 10.6. The van der Waals surface area contributed by atoms with Crippen LogP contribution in [-0.2, 0) is 65.4 Å². The normalized spacial score (nSPS) is 14.5. The third-order valence-electron chi connectivity index (χ3n) is 17.4. The van der Waals surface area contributed by atoms with E-state index in [4.69, 9.17) is 37.0 Å². The first-order valence-corrected chi connectivity index (χ1v) is 41.2. The van der Waals surface area contributed by atoms with Crippen LogP contribution in [0.4, 0.5) is 0 Å². The van der Waals surface area contributed by atoms with Crippen molar-refractivity contribution < 1.29 is 80.2 Å². The molecule has 6 atom stereocenters. The zero-order valence-electron chi connectivity index (χ0n) is 60.9. The molecule has 0 spiro atoms. The average molecular weight is 1370 g/mol. The summed E-state index contributed by atoms with van der Waals surface area (Å²) in [5.41, 5.74) is 0. The van der Waals surface area contributed by atoms with E-state index in [0.29, 0.717) is 25.7 Å². The first kappa shape index (κ1) is 91.1. The van der Waals surface area contributed by atoms with Gasteiger partial charge in [-0.2, -0.15) is 0 Å². The lowest BCUT2D eigenvalue weighted by Gasteiger charge is -2.21. The predicted molar refractivity (Wildman–Crippen MR) is 377 cm³/mol. The van der Waals surface area contributed by atoms with Gasteiger partial charge in [-0.05, 0) is 49.4 Å². The maximum absolute atomic E-state index is 13.1. The molecule has 0 saturated heterocycles. The van der Waals surface area contributed by atoms with Gasteiger partial charge in [-0.3, -0.25) is 37.3 Å². The van der Waals surface area contributed by atoms with Crippen molar-refractivity contribution in [3.8, 4) is 0 Å². The van der Waals surface area contributed by atoms with Crippen LogP contribution in [0.25, 0.3) is 0 Å². The van der Waals surface area contributed by atoms with Crippen molar-refractivity contribution >= 4 is 39.5 Å². The number of unbranched alkanes of at least 4 members (excludes halogenated alkanes) is 36. The van der Waals surface area contributed by atoms with E-state index in [1.54, 1.807) is 0 Å². The van der Waals surface area contributed by atoms with Gasteiger partial charge in [0.15, 0.2) is 12.2 Å². The van der Waals surface area contributed by atoms with E-state index in [1.165, 1.54) is 173 Å². The monoisotopic (exact) mass is 1370 g/mol. The molecule has 0 aliphatic rings. The van der Waals surface area contributed by atoms with E-state index in [-0.39, 0.29) is 25.7 Å². The Bertz CT molecular complexity index is 1840. The highest BCUT2D eigenvalue weighted by Crippen LogP contribution is 2.45. The van der Waals surface area contributed by atoms with E-state index in [9.17, 15) is 43.2 Å². The summed E-state index contributed by atoms with van der Waals surface area (Å²) in [6, 6.07) is 0. The Morgan fingerprint density at radius 3 is 0.763 bits per heavy atom. The van der Waals surface area contributed by atoms with Gasteiger partial charge in [0.1, 0.15) is 19.3 Å². The second-order valence-corrected chi connectivity index (χ2v) is 31.3. The predicted octanol–water partition coefficient (Wildman–Crippen LogP) is 21.3. The fraction of sp³-hybridized carbons (Fsp3) is 0.946. The number of carbonyl (C=O) groups is 4. The molecule has 0 fully saturated rings. The Morgan fingerprint density at radius 1 is 0.301 bits per heavy atom. The van der Waals surface area contributed by atoms with E-state index < -0.39 is 97.5 Å². The number of aliphatic hydroxyl groups is 1. The lowest BCUT2D eigenvalue weighted by Crippen LogP contribution is -2.30. The summed E-state index contributed by atoms with van der Waals surface area (Å²) >= 11 is 0. The van der Waals surface area contributed by atoms with Gasteiger partial charge < -0.3 is 33.8 Å². The third kappa shape index (κ3) is 67.0. The summed E-state index contributed by atoms with van der Waals surface area (Å²) in [6.45, 7) is 14.2. The highest BCUT2D eigenvalue weighted by molar-refractivity contribution is 7.47. The lowest BCUT2D eigenvalue weighted by atomic mass is 9.99. The third-order valence-corrected chi connectivity index (χ3v) is 19.3. The molecular formula is C74H144O17P2. The van der Waals surface area contributed by atoms with E-state index >= 15 is 0 Å². The SMILES string of the molecule is CCC(C)CCCCCCCCCCC(=O)OC[C@H](COP(=O)(O)OCC(O)COP(=O)(O)OC[C@@H](COC(=O)CCCCCCCCCCC(C)C)OC(=O)CCCCCCCCCCCCCC(C)C)OC(=O)CCCCCCCCCCCCCCCC(C)C. The molecule has 0 saturated carbocycles. The summed E-state index contributed by atoms with van der Waals surface area (Å²) in [6.07, 6.45) is 47.1. The standard InChI is InChI=1S/C74H144O17P2/c1-9-67(8)53-45-37-29-23-25-31-39-47-55-72(77)85-61-70(90-73(78)56-48-40-32-20-16-12-10-11-14-18-26-34-42-50-64(2)3)63-89-93(82,83)87-59-68(75)58-86-92(80,81)88-62-69(60-84-71(76)54-46-38-30-24-22-28-36-44-52-66(6)7)91-74(79)57-49-41-33-21-17-13-15-19-27-35-43-51-65(4)5/h64-70,75H,9-63H2,1-8H3,(H,80,81)(H,82,83)/t67?,68?,69-,70-/m1/s1. The van der Waals surface area contributed by atoms with Crippen molar-refractivity contribution in [3.63, 3.8) is 0 Å². The number of hydrogen-bond donors (Lipinski definition) is 3. The van der Waals surface area contributed by atoms with Crippen molar-refractivity contribution in [2.75, 3.05) is 39.6 Å². The second-order valence-electron chi connectivity index (χ2n) is 28.4. The summed E-state index contributed by atoms with van der Waals surface area (Å²) in [7, 11) is -9.91. The van der Waals surface area contributed by atoms with Gasteiger partial charge >= 0.3 is 39.5 Å². The number of aliphatic hydroxyl groups excluding tert-OH is 1. The number of carbonyl (C=O) groups excluding carboxylic acids is 4. The minimum atomic E-state index is -4.96. The van der Waals surface area contributed by atoms with Crippen molar-refractivity contribution in [2.45, 2.75) is 388 Å². The van der Waals surface area contributed by atoms with Crippen molar-refractivity contribution in [3.05, 3.63) is 0 Å². The van der Waals surface area contributed by atoms with Crippen LogP contribution in [0, 0.1) is 23.7 Å². The first-order chi connectivity index (χ1) is 44.6. The topological polar surface area (TPSA) is 237 Å². The molecule has 0 aromatic rings. The van der Waals surface area contributed by atoms with Crippen LogP contribution in [-0.4, -0.2) is 96.7 Å². The molecule has 4 unspecified atom stereocenters. The van der Waals surface area contributed by atoms with E-state index in [2.05, 4.69) is 55.4 Å². The molecular weight excluding hydrogens is 1220 g/mol. The zero-order valence-corrected chi connectivity index (χ0v) is 62.7. The largest absolute Gasteiger partial charge is 0.472 e. The molecule has 0 aliphatic heterocycles. The molecule has 19 heteroatoms. The maximum atomic E-state index is 13.1. The molecule has 0 aromatic heterocycles. The zero-order chi connectivity index (χ0) is 68.9. The Morgan fingerprint density at radius 2 is 0.516 bits per heavy atom. The fourth-order valence-corrected chi connectivity index (χ4v) is 12.7. The molecule has 3 N–H and O–H groups in total. The second kappa shape index (κ2) is 63.5. The highest BCUT2D eigenvalue weighted by Gasteiger charge is 2.30. The smallest absolute Gasteiger partial charge is 0.462 e. The molecule has 0 radical (unpaired) electrons. The number of rotatable bonds is 71. The van der Waals surface area contributed by atoms with Crippen molar-refractivity contribution in [1.82, 2.24) is 0 Å². The number of ether oxygens (including phenoxy) is 4. The van der Waals surface area contributed by atoms with Gasteiger partial charge in [0.2, 0.25) is 0 Å². The van der Waals surface area contributed by atoms with Gasteiger partial charge in [-0.15, -0.1) is 0 Å². The van der Waals surface area contributed by atoms with E-state index in [0.717, 1.165) is 114 Å². The number of esters is 4. The summed E-state index contributed by atoms with van der Waals surface area (Å²) < 4.78 is 68.5. The van der Waals surface area contributed by atoms with Crippen LogP contribution >= 0.6 is 15.6 Å². The number of hydrogen-bond acceptors (Lipinski definition) is 15. The van der Waals surface area contributed by atoms with Gasteiger partial charge in [-0.1, -0.05) is 319 Å². The maximum Gasteiger partial charge on any atom is 0.472 e. The Labute approximate surface area is 568 Å². The van der Waals surface area contributed by atoms with Crippen molar-refractivity contribution in [2.24, 2.45) is 23.7 Å². The van der Waals surface area contributed by atoms with Crippen LogP contribution in [0.15, 0.2) is 0 Å².